The smallest absolute Gasteiger partial charge is 0.417 e. The Morgan fingerprint density at radius 1 is 1.37 bits per heavy atom. The second-order valence-electron chi connectivity index (χ2n) is 3.58. The van der Waals surface area contributed by atoms with Gasteiger partial charge in [0.15, 0.2) is 0 Å². The number of rotatable bonds is 4. The Morgan fingerprint density at radius 2 is 1.95 bits per heavy atom. The molecule has 1 heterocycles. The maximum atomic E-state index is 12.4. The first-order valence-corrected chi connectivity index (χ1v) is 5.18. The van der Waals surface area contributed by atoms with Crippen LogP contribution >= 0.6 is 11.6 Å². The summed E-state index contributed by atoms with van der Waals surface area (Å²) in [5.41, 5.74) is -1.55. The number of nitrogens with zero attached hydrogens (tertiary/aromatic N) is 1. The molecule has 1 aromatic heterocycles. The van der Waals surface area contributed by atoms with Crippen molar-refractivity contribution in [3.8, 4) is 0 Å². The van der Waals surface area contributed by atoms with Crippen LogP contribution in [0.5, 0.6) is 0 Å². The van der Waals surface area contributed by atoms with Gasteiger partial charge in [-0.15, -0.1) is 0 Å². The molecule has 0 bridgehead atoms. The van der Waals surface area contributed by atoms with E-state index in [-0.39, 0.29) is 0 Å². The van der Waals surface area contributed by atoms with Crippen molar-refractivity contribution in [3.63, 3.8) is 0 Å². The molecule has 1 unspecified atom stereocenters. The predicted octanol–water partition coefficient (Wildman–Crippen LogP) is 2.40. The lowest BCUT2D eigenvalue weighted by Crippen LogP contribution is -2.18. The van der Waals surface area contributed by atoms with Crippen LogP contribution in [-0.2, 0) is 15.8 Å². The topological polar surface area (TPSA) is 87.5 Å². The van der Waals surface area contributed by atoms with Gasteiger partial charge in [0.2, 0.25) is 0 Å². The molecule has 19 heavy (non-hydrogen) atoms. The zero-order valence-corrected chi connectivity index (χ0v) is 9.87. The van der Waals surface area contributed by atoms with Crippen LogP contribution in [0.15, 0.2) is 12.3 Å². The average Bonchev–Trinajstić information content (AvgIpc) is 2.24. The molecule has 1 atom stereocenters. The average molecular weight is 298 g/mol. The van der Waals surface area contributed by atoms with E-state index in [2.05, 4.69) is 4.98 Å². The summed E-state index contributed by atoms with van der Waals surface area (Å²) in [4.78, 5) is 24.7. The summed E-state index contributed by atoms with van der Waals surface area (Å²) in [5, 5.41) is 16.9. The molecule has 0 aliphatic rings. The number of pyridine rings is 1. The van der Waals surface area contributed by atoms with E-state index in [9.17, 15) is 22.8 Å². The summed E-state index contributed by atoms with van der Waals surface area (Å²) in [5.74, 6) is -4.56. The molecule has 9 heteroatoms. The summed E-state index contributed by atoms with van der Waals surface area (Å²) in [6.07, 6.45) is -5.08. The number of aliphatic carboxylic acids is 2. The highest BCUT2D eigenvalue weighted by molar-refractivity contribution is 6.31. The Kier molecular flexibility index (Phi) is 4.35. The summed E-state index contributed by atoms with van der Waals surface area (Å²) in [6, 6.07) is 0.516. The fourth-order valence-electron chi connectivity index (χ4n) is 1.34. The molecule has 1 aromatic rings. The van der Waals surface area contributed by atoms with Crippen molar-refractivity contribution in [1.82, 2.24) is 4.98 Å². The van der Waals surface area contributed by atoms with Crippen LogP contribution in [-0.4, -0.2) is 27.1 Å². The molecule has 0 amide bonds. The van der Waals surface area contributed by atoms with Gasteiger partial charge < -0.3 is 10.2 Å². The van der Waals surface area contributed by atoms with Gasteiger partial charge in [-0.3, -0.25) is 14.6 Å². The van der Waals surface area contributed by atoms with Gasteiger partial charge in [0.25, 0.3) is 0 Å². The van der Waals surface area contributed by atoms with Crippen LogP contribution < -0.4 is 0 Å². The molecule has 0 fully saturated rings. The van der Waals surface area contributed by atoms with Crippen LogP contribution in [0, 0.1) is 0 Å². The van der Waals surface area contributed by atoms with Crippen LogP contribution in [0.2, 0.25) is 5.02 Å². The van der Waals surface area contributed by atoms with E-state index < -0.39 is 46.7 Å². The molecular weight excluding hydrogens is 291 g/mol. The molecule has 0 saturated heterocycles. The zero-order chi connectivity index (χ0) is 14.8. The number of halogens is 4. The highest BCUT2D eigenvalue weighted by Crippen LogP contribution is 2.33. The normalized spacial score (nSPS) is 13.1. The predicted molar refractivity (Wildman–Crippen MR) is 56.9 cm³/mol. The summed E-state index contributed by atoms with van der Waals surface area (Å²) >= 11 is 5.54. The minimum Gasteiger partial charge on any atom is -0.481 e. The number of hydrogen-bond acceptors (Lipinski definition) is 3. The Bertz CT molecular complexity index is 518. The van der Waals surface area contributed by atoms with Crippen molar-refractivity contribution < 1.29 is 33.0 Å². The zero-order valence-electron chi connectivity index (χ0n) is 9.11. The number of carboxylic acids is 2. The molecule has 0 aromatic carbocycles. The first kappa shape index (κ1) is 15.2. The van der Waals surface area contributed by atoms with Gasteiger partial charge >= 0.3 is 18.1 Å². The molecule has 104 valence electrons. The largest absolute Gasteiger partial charge is 0.481 e. The molecule has 0 saturated carbocycles. The lowest BCUT2D eigenvalue weighted by atomic mass is 10.0. The first-order valence-electron chi connectivity index (χ1n) is 4.80. The van der Waals surface area contributed by atoms with Crippen molar-refractivity contribution >= 4 is 23.5 Å². The third-order valence-electron chi connectivity index (χ3n) is 2.20. The molecule has 0 aliphatic heterocycles. The Labute approximate surface area is 109 Å². The van der Waals surface area contributed by atoms with Crippen molar-refractivity contribution in [2.24, 2.45) is 0 Å². The van der Waals surface area contributed by atoms with Crippen molar-refractivity contribution in [3.05, 3.63) is 28.5 Å². The van der Waals surface area contributed by atoms with Crippen LogP contribution in [0.4, 0.5) is 13.2 Å². The quantitative estimate of drug-likeness (QED) is 0.891. The van der Waals surface area contributed by atoms with Gasteiger partial charge in [-0.05, 0) is 6.07 Å². The fourth-order valence-corrected chi connectivity index (χ4v) is 1.63. The molecular formula is C10H7ClF3NO4. The van der Waals surface area contributed by atoms with Crippen LogP contribution in [0.1, 0.15) is 23.6 Å². The second-order valence-corrected chi connectivity index (χ2v) is 3.98. The van der Waals surface area contributed by atoms with Gasteiger partial charge in [-0.2, -0.15) is 13.2 Å². The molecule has 0 spiro atoms. The molecule has 0 radical (unpaired) electrons. The summed E-state index contributed by atoms with van der Waals surface area (Å²) < 4.78 is 37.1. The Hall–Kier alpha value is -1.83. The summed E-state index contributed by atoms with van der Waals surface area (Å²) in [6.45, 7) is 0. The van der Waals surface area contributed by atoms with Gasteiger partial charge in [0.05, 0.1) is 22.7 Å². The SMILES string of the molecule is O=C(O)CC(C(=O)O)c1ncc(C(F)(F)F)cc1Cl. The van der Waals surface area contributed by atoms with Crippen molar-refractivity contribution in [1.29, 1.82) is 0 Å². The van der Waals surface area contributed by atoms with E-state index in [1.54, 1.807) is 0 Å². The van der Waals surface area contributed by atoms with E-state index in [4.69, 9.17) is 21.8 Å². The number of alkyl halides is 3. The van der Waals surface area contributed by atoms with Gasteiger partial charge in [-0.1, -0.05) is 11.6 Å². The summed E-state index contributed by atoms with van der Waals surface area (Å²) in [7, 11) is 0. The minimum absolute atomic E-state index is 0.412. The number of hydrogen-bond donors (Lipinski definition) is 2. The number of aromatic nitrogens is 1. The Morgan fingerprint density at radius 3 is 2.32 bits per heavy atom. The fraction of sp³-hybridized carbons (Fsp3) is 0.300. The maximum Gasteiger partial charge on any atom is 0.417 e. The minimum atomic E-state index is -4.67. The standard InChI is InChI=1S/C10H7ClF3NO4/c11-6-1-4(10(12,13)14)3-15-8(6)5(9(18)19)2-7(16)17/h1,3,5H,2H2,(H,16,17)(H,18,19). The van der Waals surface area contributed by atoms with Crippen molar-refractivity contribution in [2.45, 2.75) is 18.5 Å². The van der Waals surface area contributed by atoms with E-state index in [1.807, 2.05) is 0 Å². The maximum absolute atomic E-state index is 12.4. The highest BCUT2D eigenvalue weighted by Gasteiger charge is 2.33. The van der Waals surface area contributed by atoms with E-state index in [0.29, 0.717) is 12.3 Å². The van der Waals surface area contributed by atoms with Crippen LogP contribution in [0.25, 0.3) is 0 Å². The molecule has 2 N–H and O–H groups in total. The number of carbonyl (C=O) groups is 2. The van der Waals surface area contributed by atoms with Gasteiger partial charge in [-0.25, -0.2) is 0 Å². The van der Waals surface area contributed by atoms with E-state index in [0.717, 1.165) is 0 Å². The third kappa shape index (κ3) is 3.82. The van der Waals surface area contributed by atoms with Crippen LogP contribution in [0.3, 0.4) is 0 Å². The third-order valence-corrected chi connectivity index (χ3v) is 2.51. The molecule has 0 aliphatic carbocycles. The molecule has 5 nitrogen and oxygen atoms in total. The monoisotopic (exact) mass is 297 g/mol. The highest BCUT2D eigenvalue weighted by atomic mass is 35.5. The lowest BCUT2D eigenvalue weighted by molar-refractivity contribution is -0.145. The van der Waals surface area contributed by atoms with Gasteiger partial charge in [0, 0.05) is 6.20 Å². The molecule has 1 rings (SSSR count). The second kappa shape index (κ2) is 5.43. The van der Waals surface area contributed by atoms with Gasteiger partial charge in [0.1, 0.15) is 5.92 Å². The number of carboxylic acid groups (broad SMARTS) is 2. The van der Waals surface area contributed by atoms with Crippen molar-refractivity contribution in [2.75, 3.05) is 0 Å². The first-order chi connectivity index (χ1) is 8.62. The Balaban J connectivity index is 3.19. The lowest BCUT2D eigenvalue weighted by Gasteiger charge is -2.13. The van der Waals surface area contributed by atoms with E-state index in [1.165, 1.54) is 0 Å². The van der Waals surface area contributed by atoms with E-state index >= 15 is 0 Å².